The summed E-state index contributed by atoms with van der Waals surface area (Å²) in [6.45, 7) is 4.42. The van der Waals surface area contributed by atoms with Crippen molar-refractivity contribution in [2.45, 2.75) is 70.3 Å². The Morgan fingerprint density at radius 2 is 1.77 bits per heavy atom. The standard InChI is InChI=1S/C27H35NO2/c1-26-16-23(17-5-8-19(9-6-17)28(3)4)25-21-12-10-20(29)15-18(21)7-11-22(25)24(26)13-14-27(26,2)30/h5-6,8-9,15,22-24,30H,7,10-14,16H2,1-4H3/t22-,23+,24-,26-,27-/m0/s1. The molecule has 0 amide bonds. The number of nitrogens with zero attached hydrogens (tertiary/aromatic N) is 1. The number of hydrogen-bond acceptors (Lipinski definition) is 3. The molecule has 160 valence electrons. The van der Waals surface area contributed by atoms with Gasteiger partial charge in [0.1, 0.15) is 0 Å². The average Bonchev–Trinajstić information content (AvgIpc) is 2.96. The maximum atomic E-state index is 12.1. The molecule has 3 heteroatoms. The molecule has 0 spiro atoms. The molecule has 1 N–H and O–H groups in total. The highest BCUT2D eigenvalue weighted by Gasteiger charge is 2.60. The summed E-state index contributed by atoms with van der Waals surface area (Å²) in [7, 11) is 4.16. The Bertz CT molecular complexity index is 936. The molecule has 1 aromatic carbocycles. The molecule has 0 radical (unpaired) electrons. The van der Waals surface area contributed by atoms with Crippen LogP contribution in [-0.2, 0) is 4.79 Å². The maximum absolute atomic E-state index is 12.1. The van der Waals surface area contributed by atoms with E-state index >= 15 is 0 Å². The Kier molecular flexibility index (Phi) is 4.56. The maximum Gasteiger partial charge on any atom is 0.156 e. The molecule has 1 aromatic rings. The van der Waals surface area contributed by atoms with Gasteiger partial charge in [0.05, 0.1) is 5.60 Å². The van der Waals surface area contributed by atoms with E-state index in [-0.39, 0.29) is 5.41 Å². The zero-order chi connectivity index (χ0) is 21.3. The van der Waals surface area contributed by atoms with Crippen molar-refractivity contribution in [3.05, 3.63) is 52.6 Å². The van der Waals surface area contributed by atoms with E-state index in [4.69, 9.17) is 0 Å². The summed E-state index contributed by atoms with van der Waals surface area (Å²) in [6.07, 6.45) is 8.67. The van der Waals surface area contributed by atoms with E-state index in [1.165, 1.54) is 22.4 Å². The van der Waals surface area contributed by atoms with Gasteiger partial charge in [-0.3, -0.25) is 4.79 Å². The van der Waals surface area contributed by atoms with Gasteiger partial charge in [-0.05, 0) is 92.2 Å². The molecule has 2 fully saturated rings. The molecule has 0 aromatic heterocycles. The number of aliphatic hydroxyl groups is 1. The van der Waals surface area contributed by atoms with Gasteiger partial charge >= 0.3 is 0 Å². The molecule has 0 saturated heterocycles. The van der Waals surface area contributed by atoms with Crippen LogP contribution in [-0.4, -0.2) is 30.6 Å². The molecule has 0 unspecified atom stereocenters. The summed E-state index contributed by atoms with van der Waals surface area (Å²) >= 11 is 0. The lowest BCUT2D eigenvalue weighted by Gasteiger charge is -2.54. The Hall–Kier alpha value is -1.87. The number of ketones is 1. The topological polar surface area (TPSA) is 40.5 Å². The first-order valence-corrected chi connectivity index (χ1v) is 11.7. The molecule has 30 heavy (non-hydrogen) atoms. The fourth-order valence-corrected chi connectivity index (χ4v) is 7.18. The van der Waals surface area contributed by atoms with Crippen molar-refractivity contribution < 1.29 is 9.90 Å². The molecule has 0 heterocycles. The van der Waals surface area contributed by atoms with Gasteiger partial charge in [-0.15, -0.1) is 0 Å². The highest BCUT2D eigenvalue weighted by atomic mass is 16.3. The van der Waals surface area contributed by atoms with Crippen LogP contribution in [0.15, 0.2) is 47.1 Å². The van der Waals surface area contributed by atoms with Crippen LogP contribution in [0.1, 0.15) is 70.3 Å². The van der Waals surface area contributed by atoms with Gasteiger partial charge in [-0.25, -0.2) is 0 Å². The van der Waals surface area contributed by atoms with Crippen LogP contribution in [0, 0.1) is 17.3 Å². The lowest BCUT2D eigenvalue weighted by Crippen LogP contribution is -2.50. The van der Waals surface area contributed by atoms with E-state index in [0.29, 0.717) is 30.0 Å². The van der Waals surface area contributed by atoms with Gasteiger partial charge in [0, 0.05) is 37.5 Å². The number of anilines is 1. The second-order valence-corrected chi connectivity index (χ2v) is 10.8. The molecule has 4 aliphatic carbocycles. The molecule has 0 bridgehead atoms. The Morgan fingerprint density at radius 1 is 1.03 bits per heavy atom. The van der Waals surface area contributed by atoms with Crippen LogP contribution in [0.25, 0.3) is 0 Å². The average molecular weight is 406 g/mol. The third-order valence-electron chi connectivity index (χ3n) is 9.11. The Labute approximate surface area is 180 Å². The molecule has 0 aliphatic heterocycles. The van der Waals surface area contributed by atoms with Gasteiger partial charge in [-0.1, -0.05) is 24.6 Å². The van der Waals surface area contributed by atoms with Crippen molar-refractivity contribution in [3.63, 3.8) is 0 Å². The van der Waals surface area contributed by atoms with Gasteiger partial charge in [-0.2, -0.15) is 0 Å². The lowest BCUT2D eigenvalue weighted by molar-refractivity contribution is -0.114. The number of allylic oxidation sites excluding steroid dienone is 4. The molecule has 4 aliphatic rings. The number of carbonyl (C=O) groups is 1. The third-order valence-corrected chi connectivity index (χ3v) is 9.11. The first kappa shape index (κ1) is 20.1. The minimum Gasteiger partial charge on any atom is -0.390 e. The Balaban J connectivity index is 1.66. The van der Waals surface area contributed by atoms with E-state index in [1.807, 2.05) is 6.08 Å². The van der Waals surface area contributed by atoms with Crippen LogP contribution >= 0.6 is 0 Å². The molecular weight excluding hydrogens is 370 g/mol. The monoisotopic (exact) mass is 405 g/mol. The summed E-state index contributed by atoms with van der Waals surface area (Å²) in [5.41, 5.74) is 6.33. The zero-order valence-corrected chi connectivity index (χ0v) is 18.9. The van der Waals surface area contributed by atoms with Crippen molar-refractivity contribution in [2.75, 3.05) is 19.0 Å². The molecule has 2 saturated carbocycles. The van der Waals surface area contributed by atoms with Gasteiger partial charge in [0.25, 0.3) is 0 Å². The first-order valence-electron chi connectivity index (χ1n) is 11.7. The molecular formula is C27H35NO2. The third kappa shape index (κ3) is 2.85. The summed E-state index contributed by atoms with van der Waals surface area (Å²) in [5.74, 6) is 1.72. The van der Waals surface area contributed by atoms with Gasteiger partial charge in [0.2, 0.25) is 0 Å². The summed E-state index contributed by atoms with van der Waals surface area (Å²) in [6, 6.07) is 9.04. The van der Waals surface area contributed by atoms with Crippen molar-refractivity contribution in [1.29, 1.82) is 0 Å². The summed E-state index contributed by atoms with van der Waals surface area (Å²) < 4.78 is 0. The number of fused-ring (bicyclic) bond motifs is 4. The van der Waals surface area contributed by atoms with Crippen molar-refractivity contribution in [2.24, 2.45) is 17.3 Å². The van der Waals surface area contributed by atoms with Crippen LogP contribution < -0.4 is 4.90 Å². The van der Waals surface area contributed by atoms with Gasteiger partial charge in [0.15, 0.2) is 5.78 Å². The number of benzene rings is 1. The van der Waals surface area contributed by atoms with Crippen molar-refractivity contribution >= 4 is 11.5 Å². The molecule has 5 atom stereocenters. The fourth-order valence-electron chi connectivity index (χ4n) is 7.18. The largest absolute Gasteiger partial charge is 0.390 e. The van der Waals surface area contributed by atoms with Gasteiger partial charge < -0.3 is 10.0 Å². The number of carbonyl (C=O) groups excluding carboxylic acids is 1. The van der Waals surface area contributed by atoms with Crippen LogP contribution in [0.3, 0.4) is 0 Å². The normalized spacial score (nSPS) is 38.0. The summed E-state index contributed by atoms with van der Waals surface area (Å²) in [5, 5.41) is 11.4. The molecule has 5 rings (SSSR count). The quantitative estimate of drug-likeness (QED) is 0.716. The highest BCUT2D eigenvalue weighted by Crippen LogP contribution is 2.66. The highest BCUT2D eigenvalue weighted by molar-refractivity contribution is 5.93. The smallest absolute Gasteiger partial charge is 0.156 e. The molecule has 3 nitrogen and oxygen atoms in total. The van der Waals surface area contributed by atoms with Crippen LogP contribution in [0.4, 0.5) is 5.69 Å². The van der Waals surface area contributed by atoms with Crippen LogP contribution in [0.2, 0.25) is 0 Å². The first-order chi connectivity index (χ1) is 14.2. The van der Waals surface area contributed by atoms with Crippen molar-refractivity contribution in [1.82, 2.24) is 0 Å². The van der Waals surface area contributed by atoms with E-state index in [2.05, 4.69) is 57.1 Å². The number of hydrogen-bond donors (Lipinski definition) is 1. The van der Waals surface area contributed by atoms with E-state index in [0.717, 1.165) is 38.5 Å². The summed E-state index contributed by atoms with van der Waals surface area (Å²) in [4.78, 5) is 14.3. The Morgan fingerprint density at radius 3 is 2.47 bits per heavy atom. The predicted molar refractivity (Wildman–Crippen MR) is 122 cm³/mol. The van der Waals surface area contributed by atoms with E-state index < -0.39 is 5.60 Å². The van der Waals surface area contributed by atoms with E-state index in [9.17, 15) is 9.90 Å². The minimum atomic E-state index is -0.603. The van der Waals surface area contributed by atoms with Crippen LogP contribution in [0.5, 0.6) is 0 Å². The van der Waals surface area contributed by atoms with Crippen molar-refractivity contribution in [3.8, 4) is 0 Å². The minimum absolute atomic E-state index is 0.0572. The fraction of sp³-hybridized carbons (Fsp3) is 0.593. The lowest BCUT2D eigenvalue weighted by atomic mass is 9.51. The second kappa shape index (κ2) is 6.82. The number of rotatable bonds is 2. The SMILES string of the molecule is CN(C)c1ccc([C@H]2C[C@@]3(C)[C@@H](CC[C@]3(C)O)[C@@H]3CCC4=CC(=O)CCC4=C32)cc1. The predicted octanol–water partition coefficient (Wildman–Crippen LogP) is 5.40. The van der Waals surface area contributed by atoms with E-state index in [1.54, 1.807) is 5.57 Å². The second-order valence-electron chi connectivity index (χ2n) is 10.8. The zero-order valence-electron chi connectivity index (χ0n) is 18.9.